The van der Waals surface area contributed by atoms with Gasteiger partial charge in [-0.2, -0.15) is 5.10 Å². The van der Waals surface area contributed by atoms with E-state index in [1.807, 2.05) is 6.07 Å². The first kappa shape index (κ1) is 22.0. The van der Waals surface area contributed by atoms with Gasteiger partial charge < -0.3 is 14.2 Å². The number of hydrogen-bond acceptors (Lipinski definition) is 6. The molecular formula is C23H19BrN2O5. The van der Waals surface area contributed by atoms with Crippen LogP contribution in [0.2, 0.25) is 0 Å². The summed E-state index contributed by atoms with van der Waals surface area (Å²) in [7, 11) is 3.00. The van der Waals surface area contributed by atoms with Gasteiger partial charge in [0.25, 0.3) is 5.91 Å². The highest BCUT2D eigenvalue weighted by Gasteiger charge is 2.13. The van der Waals surface area contributed by atoms with Crippen molar-refractivity contribution in [1.82, 2.24) is 5.43 Å². The molecule has 0 spiro atoms. The maximum absolute atomic E-state index is 12.4. The van der Waals surface area contributed by atoms with Crippen molar-refractivity contribution in [3.63, 3.8) is 0 Å². The van der Waals surface area contributed by atoms with Crippen LogP contribution in [0.25, 0.3) is 0 Å². The van der Waals surface area contributed by atoms with Crippen molar-refractivity contribution in [2.75, 3.05) is 14.2 Å². The van der Waals surface area contributed by atoms with Crippen LogP contribution in [0.4, 0.5) is 0 Å². The van der Waals surface area contributed by atoms with Crippen LogP contribution in [-0.4, -0.2) is 32.3 Å². The largest absolute Gasteiger partial charge is 0.497 e. The van der Waals surface area contributed by atoms with Crippen molar-refractivity contribution in [2.24, 2.45) is 5.10 Å². The monoisotopic (exact) mass is 482 g/mol. The highest BCUT2D eigenvalue weighted by atomic mass is 79.9. The molecule has 3 aromatic carbocycles. The van der Waals surface area contributed by atoms with Crippen LogP contribution in [-0.2, 0) is 0 Å². The zero-order valence-electron chi connectivity index (χ0n) is 16.8. The molecule has 0 aliphatic rings. The highest BCUT2D eigenvalue weighted by Crippen LogP contribution is 2.28. The number of carbonyl (C=O) groups excluding carboxylic acids is 2. The molecule has 0 atom stereocenters. The summed E-state index contributed by atoms with van der Waals surface area (Å²) in [6, 6.07) is 18.6. The Bertz CT molecular complexity index is 1130. The molecule has 31 heavy (non-hydrogen) atoms. The summed E-state index contributed by atoms with van der Waals surface area (Å²) < 4.78 is 16.6. The molecule has 0 aliphatic heterocycles. The Balaban J connectivity index is 1.67. The minimum Gasteiger partial charge on any atom is -0.497 e. The lowest BCUT2D eigenvalue weighted by molar-refractivity contribution is 0.0729. The molecule has 0 fully saturated rings. The van der Waals surface area contributed by atoms with Crippen LogP contribution in [0.15, 0.2) is 76.3 Å². The van der Waals surface area contributed by atoms with Crippen LogP contribution in [0.5, 0.6) is 17.2 Å². The number of hydrazone groups is 1. The summed E-state index contributed by atoms with van der Waals surface area (Å²) in [6.45, 7) is 0. The number of nitrogens with zero attached hydrogens (tertiary/aromatic N) is 1. The second-order valence-electron chi connectivity index (χ2n) is 6.24. The van der Waals surface area contributed by atoms with Gasteiger partial charge in [0, 0.05) is 10.0 Å². The molecule has 0 aliphatic carbocycles. The molecule has 0 saturated heterocycles. The van der Waals surface area contributed by atoms with Crippen molar-refractivity contribution < 1.29 is 23.8 Å². The van der Waals surface area contributed by atoms with Gasteiger partial charge in [-0.15, -0.1) is 0 Å². The number of ether oxygens (including phenoxy) is 3. The van der Waals surface area contributed by atoms with Crippen molar-refractivity contribution in [3.05, 3.63) is 87.9 Å². The molecule has 0 heterocycles. The van der Waals surface area contributed by atoms with E-state index in [1.165, 1.54) is 20.4 Å². The van der Waals surface area contributed by atoms with E-state index in [-0.39, 0.29) is 11.7 Å². The number of amides is 1. The minimum atomic E-state index is -0.508. The number of nitrogens with one attached hydrogen (secondary N) is 1. The van der Waals surface area contributed by atoms with E-state index in [0.717, 1.165) is 4.47 Å². The Hall–Kier alpha value is -3.65. The Morgan fingerprint density at radius 1 is 0.903 bits per heavy atom. The van der Waals surface area contributed by atoms with Gasteiger partial charge in [0.05, 0.1) is 26.0 Å². The SMILES string of the molecule is COc1cccc(C(=O)NN=Cc2ccc(OC(=O)c3cccc(Br)c3)c(OC)c2)c1. The average molecular weight is 483 g/mol. The standard InChI is InChI=1S/C23H19BrN2O5/c1-29-19-8-4-5-16(13-19)22(27)26-25-14-15-9-10-20(21(11-15)30-2)31-23(28)17-6-3-7-18(24)12-17/h3-14H,1-2H3,(H,26,27). The van der Waals surface area contributed by atoms with E-state index in [4.69, 9.17) is 14.2 Å². The summed E-state index contributed by atoms with van der Waals surface area (Å²) in [5.74, 6) is 0.319. The van der Waals surface area contributed by atoms with Crippen LogP contribution < -0.4 is 19.6 Å². The Labute approximate surface area is 187 Å². The van der Waals surface area contributed by atoms with Gasteiger partial charge in [0.15, 0.2) is 11.5 Å². The maximum atomic E-state index is 12.4. The predicted molar refractivity (Wildman–Crippen MR) is 120 cm³/mol. The molecule has 3 aromatic rings. The summed E-state index contributed by atoms with van der Waals surface area (Å²) in [5.41, 5.74) is 3.92. The number of esters is 1. The smallest absolute Gasteiger partial charge is 0.343 e. The molecule has 158 valence electrons. The fourth-order valence-electron chi connectivity index (χ4n) is 2.62. The third-order valence-electron chi connectivity index (χ3n) is 4.16. The zero-order valence-corrected chi connectivity index (χ0v) is 18.4. The lowest BCUT2D eigenvalue weighted by atomic mass is 10.2. The van der Waals surface area contributed by atoms with Gasteiger partial charge in [0.2, 0.25) is 0 Å². The van der Waals surface area contributed by atoms with E-state index in [1.54, 1.807) is 60.7 Å². The molecule has 0 radical (unpaired) electrons. The normalized spacial score (nSPS) is 10.5. The topological polar surface area (TPSA) is 86.2 Å². The van der Waals surface area contributed by atoms with E-state index in [2.05, 4.69) is 26.5 Å². The van der Waals surface area contributed by atoms with Gasteiger partial charge >= 0.3 is 5.97 Å². The number of halogens is 1. The second-order valence-corrected chi connectivity index (χ2v) is 7.16. The number of rotatable bonds is 7. The molecule has 0 saturated carbocycles. The third-order valence-corrected chi connectivity index (χ3v) is 4.66. The van der Waals surface area contributed by atoms with Crippen molar-refractivity contribution in [1.29, 1.82) is 0 Å². The fourth-order valence-corrected chi connectivity index (χ4v) is 3.02. The molecule has 1 amide bonds. The zero-order chi connectivity index (χ0) is 22.2. The van der Waals surface area contributed by atoms with Crippen molar-refractivity contribution in [2.45, 2.75) is 0 Å². The molecule has 7 nitrogen and oxygen atoms in total. The molecule has 0 bridgehead atoms. The summed E-state index contributed by atoms with van der Waals surface area (Å²) in [6.07, 6.45) is 1.46. The molecule has 0 aromatic heterocycles. The Morgan fingerprint density at radius 2 is 1.68 bits per heavy atom. The lowest BCUT2D eigenvalue weighted by Crippen LogP contribution is -2.17. The average Bonchev–Trinajstić information content (AvgIpc) is 2.79. The third kappa shape index (κ3) is 5.93. The molecule has 3 rings (SSSR count). The Kier molecular flexibility index (Phi) is 7.40. The van der Waals surface area contributed by atoms with Crippen molar-refractivity contribution >= 4 is 34.0 Å². The minimum absolute atomic E-state index is 0.269. The first-order valence-corrected chi connectivity index (χ1v) is 9.92. The summed E-state index contributed by atoms with van der Waals surface area (Å²) in [5, 5.41) is 3.96. The van der Waals surface area contributed by atoms with Gasteiger partial charge in [-0.1, -0.05) is 28.1 Å². The molecule has 1 N–H and O–H groups in total. The lowest BCUT2D eigenvalue weighted by Gasteiger charge is -2.10. The number of benzene rings is 3. The molecule has 8 heteroatoms. The fraction of sp³-hybridized carbons (Fsp3) is 0.0870. The number of methoxy groups -OCH3 is 2. The number of carbonyl (C=O) groups is 2. The molecule has 0 unspecified atom stereocenters. The van der Waals surface area contributed by atoms with Crippen molar-refractivity contribution in [3.8, 4) is 17.2 Å². The highest BCUT2D eigenvalue weighted by molar-refractivity contribution is 9.10. The Morgan fingerprint density at radius 3 is 2.42 bits per heavy atom. The van der Waals surface area contributed by atoms with Gasteiger partial charge in [-0.3, -0.25) is 4.79 Å². The van der Waals surface area contributed by atoms with Gasteiger partial charge in [-0.05, 0) is 60.2 Å². The first-order chi connectivity index (χ1) is 15.0. The number of hydrogen-bond donors (Lipinski definition) is 1. The summed E-state index contributed by atoms with van der Waals surface area (Å²) >= 11 is 3.33. The first-order valence-electron chi connectivity index (χ1n) is 9.13. The van der Waals surface area contributed by atoms with Crippen LogP contribution in [0.1, 0.15) is 26.3 Å². The van der Waals surface area contributed by atoms with E-state index >= 15 is 0 Å². The van der Waals surface area contributed by atoms with Crippen LogP contribution in [0.3, 0.4) is 0 Å². The summed E-state index contributed by atoms with van der Waals surface area (Å²) in [4.78, 5) is 24.6. The van der Waals surface area contributed by atoms with E-state index in [9.17, 15) is 9.59 Å². The maximum Gasteiger partial charge on any atom is 0.343 e. The van der Waals surface area contributed by atoms with E-state index < -0.39 is 5.97 Å². The van der Waals surface area contributed by atoms with Crippen LogP contribution in [0, 0.1) is 0 Å². The van der Waals surface area contributed by atoms with Crippen LogP contribution >= 0.6 is 15.9 Å². The quantitative estimate of drug-likeness (QED) is 0.232. The molecular weight excluding hydrogens is 464 g/mol. The predicted octanol–water partition coefficient (Wildman–Crippen LogP) is 4.45. The second kappa shape index (κ2) is 10.4. The van der Waals surface area contributed by atoms with E-state index in [0.29, 0.717) is 28.2 Å². The van der Waals surface area contributed by atoms with Gasteiger partial charge in [-0.25, -0.2) is 10.2 Å². The van der Waals surface area contributed by atoms with Gasteiger partial charge in [0.1, 0.15) is 5.75 Å².